The summed E-state index contributed by atoms with van der Waals surface area (Å²) in [6, 6.07) is 3.94. The monoisotopic (exact) mass is 190 g/mol. The second-order valence-electron chi connectivity index (χ2n) is 2.10. The first kappa shape index (κ1) is 22.6. The van der Waals surface area contributed by atoms with Crippen LogP contribution in [0.3, 0.4) is 0 Å². The fourth-order valence-corrected chi connectivity index (χ4v) is 0.642. The summed E-state index contributed by atoms with van der Waals surface area (Å²) in [5.74, 6) is 0. The van der Waals surface area contributed by atoms with Gasteiger partial charge in [0.25, 0.3) is 0 Å². The second-order valence-corrected chi connectivity index (χ2v) is 2.10. The Balaban J connectivity index is -0.000000101. The SMILES string of the molecule is CN(C)c1ccncc1.[B+3].[F-].[F-].[F-]. The summed E-state index contributed by atoms with van der Waals surface area (Å²) in [5.41, 5.74) is 1.19. The number of anilines is 1. The van der Waals surface area contributed by atoms with Gasteiger partial charge in [-0.3, -0.25) is 4.98 Å². The van der Waals surface area contributed by atoms with Crippen LogP contribution < -0.4 is 19.0 Å². The van der Waals surface area contributed by atoms with Gasteiger partial charge < -0.3 is 19.0 Å². The fraction of sp³-hybridized carbons (Fsp3) is 0.286. The molecule has 13 heavy (non-hydrogen) atoms. The number of rotatable bonds is 1. The summed E-state index contributed by atoms with van der Waals surface area (Å²) < 4.78 is 0. The fourth-order valence-electron chi connectivity index (χ4n) is 0.642. The van der Waals surface area contributed by atoms with Crippen molar-refractivity contribution in [3.8, 4) is 0 Å². The maximum absolute atomic E-state index is 3.90. The van der Waals surface area contributed by atoms with Crippen LogP contribution in [0.15, 0.2) is 24.5 Å². The van der Waals surface area contributed by atoms with E-state index in [1.165, 1.54) is 5.69 Å². The molecule has 0 saturated carbocycles. The van der Waals surface area contributed by atoms with E-state index in [0.717, 1.165) is 0 Å². The summed E-state index contributed by atoms with van der Waals surface area (Å²) in [5, 5.41) is 0. The molecule has 0 bridgehead atoms. The molecule has 0 aliphatic heterocycles. The number of nitrogens with zero attached hydrogens (tertiary/aromatic N) is 2. The Hall–Kier alpha value is -1.20. The van der Waals surface area contributed by atoms with E-state index in [-0.39, 0.29) is 22.5 Å². The molecule has 0 unspecified atom stereocenters. The van der Waals surface area contributed by atoms with Crippen LogP contribution in [0, 0.1) is 0 Å². The van der Waals surface area contributed by atoms with Crippen molar-refractivity contribution < 1.29 is 14.1 Å². The van der Waals surface area contributed by atoms with E-state index >= 15 is 0 Å². The van der Waals surface area contributed by atoms with E-state index in [2.05, 4.69) is 4.98 Å². The third-order valence-electron chi connectivity index (χ3n) is 1.18. The molecular formula is C7H10BF3N2. The van der Waals surface area contributed by atoms with E-state index in [4.69, 9.17) is 0 Å². The molecule has 0 amide bonds. The van der Waals surface area contributed by atoms with Crippen molar-refractivity contribution in [1.82, 2.24) is 4.98 Å². The summed E-state index contributed by atoms with van der Waals surface area (Å²) in [6.07, 6.45) is 3.57. The maximum Gasteiger partial charge on any atom is 3.00 e. The van der Waals surface area contributed by atoms with Crippen molar-refractivity contribution >= 4 is 14.1 Å². The molecule has 0 aromatic carbocycles. The van der Waals surface area contributed by atoms with Crippen molar-refractivity contribution in [1.29, 1.82) is 0 Å². The number of hydrogen-bond acceptors (Lipinski definition) is 2. The maximum atomic E-state index is 3.90. The molecule has 1 rings (SSSR count). The molecule has 2 nitrogen and oxygen atoms in total. The number of hydrogen-bond donors (Lipinski definition) is 0. The Kier molecular flexibility index (Phi) is 18.8. The van der Waals surface area contributed by atoms with Gasteiger partial charge in [0.15, 0.2) is 0 Å². The zero-order chi connectivity index (χ0) is 6.69. The molecular weight excluding hydrogens is 180 g/mol. The van der Waals surface area contributed by atoms with Crippen molar-refractivity contribution in [3.63, 3.8) is 0 Å². The normalized spacial score (nSPS) is 6.31. The molecule has 72 valence electrons. The van der Waals surface area contributed by atoms with E-state index in [1.54, 1.807) is 12.4 Å². The molecule has 0 spiro atoms. The molecule has 1 heterocycles. The van der Waals surface area contributed by atoms with Crippen molar-refractivity contribution in [2.75, 3.05) is 19.0 Å². The quantitative estimate of drug-likeness (QED) is 0.409. The van der Waals surface area contributed by atoms with Crippen LogP contribution in [-0.2, 0) is 0 Å². The molecule has 0 saturated heterocycles. The molecule has 0 N–H and O–H groups in total. The van der Waals surface area contributed by atoms with Gasteiger partial charge in [0.2, 0.25) is 0 Å². The Morgan fingerprint density at radius 3 is 1.62 bits per heavy atom. The van der Waals surface area contributed by atoms with Crippen molar-refractivity contribution in [2.45, 2.75) is 0 Å². The van der Waals surface area contributed by atoms with Crippen LogP contribution >= 0.6 is 0 Å². The predicted octanol–water partition coefficient (Wildman–Crippen LogP) is -8.22. The van der Waals surface area contributed by atoms with Crippen molar-refractivity contribution in [3.05, 3.63) is 24.5 Å². The van der Waals surface area contributed by atoms with Gasteiger partial charge in [0.1, 0.15) is 0 Å². The molecule has 0 radical (unpaired) electrons. The van der Waals surface area contributed by atoms with Gasteiger partial charge in [0.05, 0.1) is 0 Å². The van der Waals surface area contributed by atoms with Gasteiger partial charge in [-0.25, -0.2) is 0 Å². The third kappa shape index (κ3) is 7.18. The summed E-state index contributed by atoms with van der Waals surface area (Å²) in [6.45, 7) is 0. The smallest absolute Gasteiger partial charge is 1.00 e. The van der Waals surface area contributed by atoms with Gasteiger partial charge in [-0.2, -0.15) is 0 Å². The first-order valence-electron chi connectivity index (χ1n) is 2.88. The number of aromatic nitrogens is 1. The van der Waals surface area contributed by atoms with Gasteiger partial charge in [-0.1, -0.05) is 0 Å². The average Bonchev–Trinajstić information content (AvgIpc) is 1.90. The zero-order valence-corrected chi connectivity index (χ0v) is 7.42. The Bertz CT molecular complexity index is 184. The molecule has 0 aliphatic carbocycles. The standard InChI is InChI=1S/C7H10N2.B.3FH/c1-9(2)7-3-5-8-6-4-7;;;;/h3-6H,1-2H3;;3*1H/q;+3;;;/p-3. The van der Waals surface area contributed by atoms with E-state index in [1.807, 2.05) is 31.1 Å². The summed E-state index contributed by atoms with van der Waals surface area (Å²) >= 11 is 0. The molecule has 0 fully saturated rings. The topological polar surface area (TPSA) is 16.1 Å². The van der Waals surface area contributed by atoms with Gasteiger partial charge in [-0.15, -0.1) is 0 Å². The minimum absolute atomic E-state index is 0. The zero-order valence-electron chi connectivity index (χ0n) is 7.42. The Labute approximate surface area is 77.6 Å². The molecule has 0 atom stereocenters. The minimum atomic E-state index is 0. The Morgan fingerprint density at radius 2 is 1.38 bits per heavy atom. The summed E-state index contributed by atoms with van der Waals surface area (Å²) in [7, 11) is 4.02. The summed E-state index contributed by atoms with van der Waals surface area (Å²) in [4.78, 5) is 5.94. The minimum Gasteiger partial charge on any atom is -1.00 e. The van der Waals surface area contributed by atoms with E-state index in [0.29, 0.717) is 0 Å². The third-order valence-corrected chi connectivity index (χ3v) is 1.18. The average molecular weight is 190 g/mol. The molecule has 1 aromatic heterocycles. The number of halogens is 3. The van der Waals surface area contributed by atoms with Gasteiger partial charge in [-0.05, 0) is 12.1 Å². The van der Waals surface area contributed by atoms with Crippen LogP contribution in [-0.4, -0.2) is 27.5 Å². The second kappa shape index (κ2) is 10.8. The predicted molar refractivity (Wildman–Crippen MR) is 44.3 cm³/mol. The largest absolute Gasteiger partial charge is 3.00 e. The van der Waals surface area contributed by atoms with Crippen molar-refractivity contribution in [2.24, 2.45) is 0 Å². The van der Waals surface area contributed by atoms with Crippen LogP contribution in [0.2, 0.25) is 0 Å². The van der Waals surface area contributed by atoms with E-state index in [9.17, 15) is 0 Å². The first-order valence-corrected chi connectivity index (χ1v) is 2.88. The van der Waals surface area contributed by atoms with Gasteiger partial charge >= 0.3 is 8.41 Å². The molecule has 1 aromatic rings. The van der Waals surface area contributed by atoms with Crippen LogP contribution in [0.25, 0.3) is 0 Å². The molecule has 0 aliphatic rings. The van der Waals surface area contributed by atoms with Gasteiger partial charge in [0, 0.05) is 32.2 Å². The van der Waals surface area contributed by atoms with Crippen LogP contribution in [0.4, 0.5) is 5.69 Å². The first-order chi connectivity index (χ1) is 4.30. The Morgan fingerprint density at radius 1 is 1.00 bits per heavy atom. The van der Waals surface area contributed by atoms with E-state index < -0.39 is 0 Å². The van der Waals surface area contributed by atoms with Crippen LogP contribution in [0.1, 0.15) is 0 Å². The van der Waals surface area contributed by atoms with Crippen LogP contribution in [0.5, 0.6) is 0 Å². The number of pyridine rings is 1. The molecule has 6 heteroatoms.